The van der Waals surface area contributed by atoms with Crippen LogP contribution in [0.15, 0.2) is 48.8 Å². The maximum atomic E-state index is 13.6. The van der Waals surface area contributed by atoms with Crippen LogP contribution in [-0.4, -0.2) is 9.97 Å². The fraction of sp³-hybridized carbons (Fsp3) is 0. The Bertz CT molecular complexity index is 738. The Morgan fingerprint density at radius 1 is 0.947 bits per heavy atom. The molecule has 0 spiro atoms. The lowest BCUT2D eigenvalue weighted by atomic mass is 10.2. The van der Waals surface area contributed by atoms with Crippen LogP contribution in [-0.2, 0) is 0 Å². The highest BCUT2D eigenvalue weighted by Crippen LogP contribution is 2.24. The second-order valence-corrected chi connectivity index (χ2v) is 3.99. The fourth-order valence-electron chi connectivity index (χ4n) is 1.82. The van der Waals surface area contributed by atoms with Gasteiger partial charge in [-0.3, -0.25) is 0 Å². The zero-order chi connectivity index (χ0) is 13.2. The third-order valence-electron chi connectivity index (χ3n) is 2.73. The zero-order valence-corrected chi connectivity index (χ0v) is 9.77. The fourth-order valence-corrected chi connectivity index (χ4v) is 1.82. The number of rotatable bonds is 2. The van der Waals surface area contributed by atoms with E-state index in [2.05, 4.69) is 15.3 Å². The number of halogens is 2. The number of hydrogen-bond donors (Lipinski definition) is 1. The van der Waals surface area contributed by atoms with E-state index in [0.717, 1.165) is 17.0 Å². The molecule has 0 amide bonds. The molecular formula is C14H9F2N3. The molecule has 0 aliphatic rings. The highest BCUT2D eigenvalue weighted by Gasteiger charge is 2.07. The minimum Gasteiger partial charge on any atom is -0.337 e. The molecule has 0 atom stereocenters. The van der Waals surface area contributed by atoms with Gasteiger partial charge in [-0.25, -0.2) is 18.7 Å². The molecule has 0 bridgehead atoms. The quantitative estimate of drug-likeness (QED) is 0.761. The van der Waals surface area contributed by atoms with Crippen LogP contribution in [0.2, 0.25) is 0 Å². The Morgan fingerprint density at radius 2 is 1.79 bits per heavy atom. The van der Waals surface area contributed by atoms with Crippen LogP contribution in [0.5, 0.6) is 0 Å². The second-order valence-electron chi connectivity index (χ2n) is 3.99. The monoisotopic (exact) mass is 257 g/mol. The van der Waals surface area contributed by atoms with Crippen LogP contribution in [0.4, 0.5) is 20.3 Å². The zero-order valence-electron chi connectivity index (χ0n) is 9.77. The summed E-state index contributed by atoms with van der Waals surface area (Å²) in [5.74, 6) is -0.797. The Hall–Kier alpha value is -2.56. The highest BCUT2D eigenvalue weighted by atomic mass is 19.1. The van der Waals surface area contributed by atoms with E-state index in [4.69, 9.17) is 0 Å². The van der Waals surface area contributed by atoms with Crippen molar-refractivity contribution in [3.63, 3.8) is 0 Å². The van der Waals surface area contributed by atoms with E-state index in [-0.39, 0.29) is 5.69 Å². The summed E-state index contributed by atoms with van der Waals surface area (Å²) < 4.78 is 26.4. The standard InChI is InChI=1S/C14H9F2N3/c15-9-5-6-13(11(16)7-9)19-14-10-3-1-2-4-12(10)17-8-18-14/h1-8H,(H,17,18,19). The van der Waals surface area contributed by atoms with Crippen molar-refractivity contribution in [2.45, 2.75) is 0 Å². The average molecular weight is 257 g/mol. The van der Waals surface area contributed by atoms with Crippen molar-refractivity contribution < 1.29 is 8.78 Å². The van der Waals surface area contributed by atoms with Gasteiger partial charge in [-0.15, -0.1) is 0 Å². The molecule has 0 radical (unpaired) electrons. The number of benzene rings is 2. The van der Waals surface area contributed by atoms with Gasteiger partial charge in [0.15, 0.2) is 0 Å². The van der Waals surface area contributed by atoms with Crippen LogP contribution < -0.4 is 5.32 Å². The van der Waals surface area contributed by atoms with Gasteiger partial charge in [-0.1, -0.05) is 12.1 Å². The molecule has 0 saturated heterocycles. The summed E-state index contributed by atoms with van der Waals surface area (Å²) in [6.07, 6.45) is 1.39. The number of hydrogen-bond acceptors (Lipinski definition) is 3. The molecule has 0 aliphatic carbocycles. The summed E-state index contributed by atoms with van der Waals surface area (Å²) in [5.41, 5.74) is 0.924. The summed E-state index contributed by atoms with van der Waals surface area (Å²) in [5, 5.41) is 3.62. The van der Waals surface area contributed by atoms with Gasteiger partial charge in [0, 0.05) is 11.5 Å². The molecule has 2 aromatic carbocycles. The number of fused-ring (bicyclic) bond motifs is 1. The van der Waals surface area contributed by atoms with E-state index in [1.54, 1.807) is 0 Å². The first kappa shape index (κ1) is 11.5. The first-order valence-corrected chi connectivity index (χ1v) is 5.66. The van der Waals surface area contributed by atoms with E-state index < -0.39 is 11.6 Å². The molecule has 0 aliphatic heterocycles. The van der Waals surface area contributed by atoms with Gasteiger partial charge in [-0.2, -0.15) is 0 Å². The highest BCUT2D eigenvalue weighted by molar-refractivity contribution is 5.90. The predicted molar refractivity (Wildman–Crippen MR) is 69.2 cm³/mol. The lowest BCUT2D eigenvalue weighted by Gasteiger charge is -2.08. The molecule has 1 aromatic heterocycles. The third-order valence-corrected chi connectivity index (χ3v) is 2.73. The summed E-state index contributed by atoms with van der Waals surface area (Å²) in [6, 6.07) is 10.7. The maximum absolute atomic E-state index is 13.6. The van der Waals surface area contributed by atoms with Crippen LogP contribution >= 0.6 is 0 Å². The minimum absolute atomic E-state index is 0.172. The molecule has 0 saturated carbocycles. The lowest BCUT2D eigenvalue weighted by Crippen LogP contribution is -1.98. The molecule has 3 nitrogen and oxygen atoms in total. The molecule has 1 heterocycles. The average Bonchev–Trinajstić information content (AvgIpc) is 2.42. The predicted octanol–water partition coefficient (Wildman–Crippen LogP) is 3.65. The Balaban J connectivity index is 2.06. The lowest BCUT2D eigenvalue weighted by molar-refractivity contribution is 0.586. The van der Waals surface area contributed by atoms with Crippen LogP contribution in [0.25, 0.3) is 10.9 Å². The summed E-state index contributed by atoms with van der Waals surface area (Å²) >= 11 is 0. The van der Waals surface area contributed by atoms with Crippen molar-refractivity contribution in [1.29, 1.82) is 0 Å². The minimum atomic E-state index is -0.664. The van der Waals surface area contributed by atoms with Gasteiger partial charge in [0.25, 0.3) is 0 Å². The smallest absolute Gasteiger partial charge is 0.149 e. The first-order valence-electron chi connectivity index (χ1n) is 5.66. The largest absolute Gasteiger partial charge is 0.337 e. The SMILES string of the molecule is Fc1ccc(Nc2ncnc3ccccc23)c(F)c1. The number of nitrogens with one attached hydrogen (secondary N) is 1. The van der Waals surface area contributed by atoms with E-state index >= 15 is 0 Å². The Morgan fingerprint density at radius 3 is 2.63 bits per heavy atom. The van der Waals surface area contributed by atoms with Gasteiger partial charge in [0.2, 0.25) is 0 Å². The molecule has 3 aromatic rings. The molecule has 1 N–H and O–H groups in total. The molecule has 0 unspecified atom stereocenters. The Kier molecular flexibility index (Phi) is 2.79. The van der Waals surface area contributed by atoms with Crippen molar-refractivity contribution in [1.82, 2.24) is 9.97 Å². The van der Waals surface area contributed by atoms with E-state index in [0.29, 0.717) is 5.82 Å². The van der Waals surface area contributed by atoms with Crippen molar-refractivity contribution >= 4 is 22.4 Å². The summed E-state index contributed by atoms with van der Waals surface area (Å²) in [7, 11) is 0. The van der Waals surface area contributed by atoms with Crippen LogP contribution in [0.1, 0.15) is 0 Å². The summed E-state index contributed by atoms with van der Waals surface area (Å²) in [4.78, 5) is 8.20. The number of nitrogens with zero attached hydrogens (tertiary/aromatic N) is 2. The van der Waals surface area contributed by atoms with Crippen molar-refractivity contribution in [3.05, 3.63) is 60.4 Å². The maximum Gasteiger partial charge on any atom is 0.149 e. The number of anilines is 2. The van der Waals surface area contributed by atoms with Crippen molar-refractivity contribution in [2.75, 3.05) is 5.32 Å². The van der Waals surface area contributed by atoms with E-state index in [1.165, 1.54) is 18.5 Å². The number of aromatic nitrogens is 2. The third kappa shape index (κ3) is 2.22. The number of para-hydroxylation sites is 1. The first-order chi connectivity index (χ1) is 9.24. The molecular weight excluding hydrogens is 248 g/mol. The topological polar surface area (TPSA) is 37.8 Å². The van der Waals surface area contributed by atoms with E-state index in [1.807, 2.05) is 24.3 Å². The second kappa shape index (κ2) is 4.61. The molecule has 5 heteroatoms. The van der Waals surface area contributed by atoms with Crippen molar-refractivity contribution in [2.24, 2.45) is 0 Å². The molecule has 3 rings (SSSR count). The van der Waals surface area contributed by atoms with Gasteiger partial charge < -0.3 is 5.32 Å². The van der Waals surface area contributed by atoms with Crippen molar-refractivity contribution in [3.8, 4) is 0 Å². The molecule has 19 heavy (non-hydrogen) atoms. The van der Waals surface area contributed by atoms with Gasteiger partial charge in [0.05, 0.1) is 11.2 Å². The normalized spacial score (nSPS) is 10.6. The van der Waals surface area contributed by atoms with Crippen LogP contribution in [0, 0.1) is 11.6 Å². The Labute approximate surface area is 107 Å². The van der Waals surface area contributed by atoms with Crippen LogP contribution in [0.3, 0.4) is 0 Å². The van der Waals surface area contributed by atoms with Gasteiger partial charge in [0.1, 0.15) is 23.8 Å². The summed E-state index contributed by atoms with van der Waals surface area (Å²) in [6.45, 7) is 0. The van der Waals surface area contributed by atoms with Gasteiger partial charge >= 0.3 is 0 Å². The molecule has 0 fully saturated rings. The van der Waals surface area contributed by atoms with Gasteiger partial charge in [-0.05, 0) is 24.3 Å². The molecule has 94 valence electrons. The van der Waals surface area contributed by atoms with E-state index in [9.17, 15) is 8.78 Å².